The molecular formula is C19H15ClN4O2. The molecule has 2 aromatic carbocycles. The fourth-order valence-electron chi connectivity index (χ4n) is 2.83. The molecule has 0 saturated carbocycles. The number of aromatic nitrogens is 4. The molecule has 0 N–H and O–H groups in total. The van der Waals surface area contributed by atoms with Crippen molar-refractivity contribution in [2.24, 2.45) is 0 Å². The van der Waals surface area contributed by atoms with Crippen molar-refractivity contribution in [3.8, 4) is 11.4 Å². The largest absolute Gasteiger partial charge is 0.423 e. The summed E-state index contributed by atoms with van der Waals surface area (Å²) >= 11 is 6.19. The Balaban J connectivity index is 1.76. The van der Waals surface area contributed by atoms with E-state index in [1.807, 2.05) is 44.2 Å². The molecule has 26 heavy (non-hydrogen) atoms. The predicted molar refractivity (Wildman–Crippen MR) is 99.3 cm³/mol. The summed E-state index contributed by atoms with van der Waals surface area (Å²) in [6.07, 6.45) is 0. The fourth-order valence-corrected chi connectivity index (χ4v) is 3.05. The van der Waals surface area contributed by atoms with Crippen LogP contribution in [-0.4, -0.2) is 20.2 Å². The highest BCUT2D eigenvalue weighted by molar-refractivity contribution is 6.33. The standard InChI is InChI=1S/C19H15ClN4O2/c1-11-7-15-13(9-18(25)26-17(15)8-12(11)2)10-24-22-19(21-23-24)14-5-3-4-6-16(14)20/h3-9H,10H2,1-2H3. The first-order chi connectivity index (χ1) is 12.5. The van der Waals surface area contributed by atoms with E-state index in [2.05, 4.69) is 15.4 Å². The summed E-state index contributed by atoms with van der Waals surface area (Å²) < 4.78 is 5.33. The van der Waals surface area contributed by atoms with E-state index in [1.54, 1.807) is 6.07 Å². The summed E-state index contributed by atoms with van der Waals surface area (Å²) in [5, 5.41) is 14.0. The number of hydrogen-bond acceptors (Lipinski definition) is 5. The summed E-state index contributed by atoms with van der Waals surface area (Å²) in [5.41, 5.74) is 3.84. The van der Waals surface area contributed by atoms with Crippen LogP contribution in [0.2, 0.25) is 5.02 Å². The third kappa shape index (κ3) is 2.99. The van der Waals surface area contributed by atoms with Gasteiger partial charge in [-0.25, -0.2) is 4.79 Å². The Morgan fingerprint density at radius 3 is 2.69 bits per heavy atom. The van der Waals surface area contributed by atoms with Gasteiger partial charge in [-0.2, -0.15) is 4.80 Å². The fraction of sp³-hybridized carbons (Fsp3) is 0.158. The lowest BCUT2D eigenvalue weighted by atomic mass is 10.0. The van der Waals surface area contributed by atoms with Gasteiger partial charge in [-0.15, -0.1) is 10.2 Å². The lowest BCUT2D eigenvalue weighted by molar-refractivity contribution is 0.545. The molecule has 130 valence electrons. The molecule has 6 nitrogen and oxygen atoms in total. The third-order valence-electron chi connectivity index (χ3n) is 4.32. The number of hydrogen-bond donors (Lipinski definition) is 0. The molecule has 0 aliphatic heterocycles. The summed E-state index contributed by atoms with van der Waals surface area (Å²) in [6, 6.07) is 12.7. The lowest BCUT2D eigenvalue weighted by Gasteiger charge is -2.07. The van der Waals surface area contributed by atoms with Gasteiger partial charge in [-0.05, 0) is 60.0 Å². The molecule has 2 aromatic heterocycles. The molecular weight excluding hydrogens is 352 g/mol. The molecule has 0 saturated heterocycles. The van der Waals surface area contributed by atoms with Gasteiger partial charge < -0.3 is 4.42 Å². The van der Waals surface area contributed by atoms with Crippen molar-refractivity contribution < 1.29 is 4.42 Å². The zero-order chi connectivity index (χ0) is 18.3. The highest BCUT2D eigenvalue weighted by Crippen LogP contribution is 2.25. The quantitative estimate of drug-likeness (QED) is 0.516. The van der Waals surface area contributed by atoms with E-state index < -0.39 is 5.63 Å². The van der Waals surface area contributed by atoms with Crippen LogP contribution in [-0.2, 0) is 6.54 Å². The molecule has 2 heterocycles. The predicted octanol–water partition coefficient (Wildman–Crippen LogP) is 3.77. The molecule has 0 bridgehead atoms. The van der Waals surface area contributed by atoms with Gasteiger partial charge in [0.2, 0.25) is 5.82 Å². The van der Waals surface area contributed by atoms with Crippen LogP contribution in [0.3, 0.4) is 0 Å². The number of rotatable bonds is 3. The number of tetrazole rings is 1. The molecule has 0 aliphatic rings. The van der Waals surface area contributed by atoms with Crippen molar-refractivity contribution >= 4 is 22.6 Å². The Morgan fingerprint density at radius 1 is 1.12 bits per heavy atom. The average molecular weight is 367 g/mol. The summed E-state index contributed by atoms with van der Waals surface area (Å²) in [5.74, 6) is 0.440. The Bertz CT molecular complexity index is 1180. The Kier molecular flexibility index (Phi) is 4.05. The van der Waals surface area contributed by atoms with E-state index >= 15 is 0 Å². The lowest BCUT2D eigenvalue weighted by Crippen LogP contribution is -2.08. The molecule has 4 aromatic rings. The molecule has 0 amide bonds. The number of halogens is 1. The number of aryl methyl sites for hydroxylation is 2. The van der Waals surface area contributed by atoms with Crippen LogP contribution < -0.4 is 5.63 Å². The maximum absolute atomic E-state index is 11.9. The van der Waals surface area contributed by atoms with Crippen molar-refractivity contribution in [1.82, 2.24) is 20.2 Å². The third-order valence-corrected chi connectivity index (χ3v) is 4.65. The van der Waals surface area contributed by atoms with Gasteiger partial charge in [-0.3, -0.25) is 0 Å². The molecule has 0 fully saturated rings. The molecule has 4 rings (SSSR count). The summed E-state index contributed by atoms with van der Waals surface area (Å²) in [7, 11) is 0. The van der Waals surface area contributed by atoms with Crippen molar-refractivity contribution in [3.63, 3.8) is 0 Å². The van der Waals surface area contributed by atoms with Gasteiger partial charge in [0.1, 0.15) is 5.58 Å². The zero-order valence-corrected chi connectivity index (χ0v) is 15.0. The van der Waals surface area contributed by atoms with Crippen molar-refractivity contribution in [2.75, 3.05) is 0 Å². The van der Waals surface area contributed by atoms with Crippen LogP contribution in [0.25, 0.3) is 22.4 Å². The Labute approximate surface area is 154 Å². The molecule has 0 atom stereocenters. The van der Waals surface area contributed by atoms with E-state index in [4.69, 9.17) is 16.0 Å². The van der Waals surface area contributed by atoms with Crippen LogP contribution >= 0.6 is 11.6 Å². The Hall–Kier alpha value is -2.99. The smallest absolute Gasteiger partial charge is 0.336 e. The Morgan fingerprint density at radius 2 is 1.88 bits per heavy atom. The summed E-state index contributed by atoms with van der Waals surface area (Å²) in [6.45, 7) is 4.31. The van der Waals surface area contributed by atoms with E-state index in [-0.39, 0.29) is 0 Å². The van der Waals surface area contributed by atoms with E-state index in [0.717, 1.165) is 22.1 Å². The van der Waals surface area contributed by atoms with Crippen LogP contribution in [0.5, 0.6) is 0 Å². The summed E-state index contributed by atoms with van der Waals surface area (Å²) in [4.78, 5) is 13.4. The van der Waals surface area contributed by atoms with Gasteiger partial charge >= 0.3 is 5.63 Å². The minimum atomic E-state index is -0.401. The van der Waals surface area contributed by atoms with Crippen molar-refractivity contribution in [1.29, 1.82) is 0 Å². The van der Waals surface area contributed by atoms with Crippen molar-refractivity contribution in [2.45, 2.75) is 20.4 Å². The normalized spacial score (nSPS) is 11.2. The highest BCUT2D eigenvalue weighted by atomic mass is 35.5. The van der Waals surface area contributed by atoms with Gasteiger partial charge in [0.05, 0.1) is 11.6 Å². The molecule has 0 spiro atoms. The first kappa shape index (κ1) is 16.5. The molecule has 7 heteroatoms. The van der Waals surface area contributed by atoms with Crippen LogP contribution in [0.4, 0.5) is 0 Å². The second kappa shape index (κ2) is 6.38. The number of benzene rings is 2. The van der Waals surface area contributed by atoms with Crippen molar-refractivity contribution in [3.05, 3.63) is 74.6 Å². The average Bonchev–Trinajstić information content (AvgIpc) is 3.05. The molecule has 0 aliphatic carbocycles. The topological polar surface area (TPSA) is 73.8 Å². The molecule has 0 radical (unpaired) electrons. The second-order valence-electron chi connectivity index (χ2n) is 6.15. The van der Waals surface area contributed by atoms with Crippen LogP contribution in [0.1, 0.15) is 16.7 Å². The van der Waals surface area contributed by atoms with E-state index in [9.17, 15) is 4.79 Å². The second-order valence-corrected chi connectivity index (χ2v) is 6.55. The van der Waals surface area contributed by atoms with Gasteiger partial charge in [0.25, 0.3) is 0 Å². The maximum Gasteiger partial charge on any atom is 0.336 e. The van der Waals surface area contributed by atoms with E-state index in [0.29, 0.717) is 28.5 Å². The minimum Gasteiger partial charge on any atom is -0.423 e. The minimum absolute atomic E-state index is 0.308. The van der Waals surface area contributed by atoms with Gasteiger partial charge in [0, 0.05) is 17.0 Å². The highest BCUT2D eigenvalue weighted by Gasteiger charge is 2.12. The maximum atomic E-state index is 11.9. The van der Waals surface area contributed by atoms with Crippen LogP contribution in [0, 0.1) is 13.8 Å². The van der Waals surface area contributed by atoms with Crippen LogP contribution in [0.15, 0.2) is 51.7 Å². The first-order valence-corrected chi connectivity index (χ1v) is 8.46. The first-order valence-electron chi connectivity index (χ1n) is 8.08. The SMILES string of the molecule is Cc1cc2oc(=O)cc(Cn3nnc(-c4ccccc4Cl)n3)c2cc1C. The zero-order valence-electron chi connectivity index (χ0n) is 14.2. The van der Waals surface area contributed by atoms with E-state index in [1.165, 1.54) is 10.9 Å². The monoisotopic (exact) mass is 366 g/mol. The number of nitrogens with zero attached hydrogens (tertiary/aromatic N) is 4. The molecule has 0 unspecified atom stereocenters. The van der Waals surface area contributed by atoms with Gasteiger partial charge in [0.15, 0.2) is 0 Å². The van der Waals surface area contributed by atoms with Gasteiger partial charge in [-0.1, -0.05) is 23.7 Å². The number of fused-ring (bicyclic) bond motifs is 1.